The highest BCUT2D eigenvalue weighted by atomic mass is 35.5. The lowest BCUT2D eigenvalue weighted by Gasteiger charge is -2.11. The van der Waals surface area contributed by atoms with Crippen molar-refractivity contribution in [2.24, 2.45) is 0 Å². The Morgan fingerprint density at radius 1 is 1.33 bits per heavy atom. The summed E-state index contributed by atoms with van der Waals surface area (Å²) in [5.41, 5.74) is 1.47. The van der Waals surface area contributed by atoms with Gasteiger partial charge in [0.25, 0.3) is 0 Å². The van der Waals surface area contributed by atoms with E-state index in [-0.39, 0.29) is 0 Å². The molecule has 0 saturated carbocycles. The minimum absolute atomic E-state index is 0.431. The second kappa shape index (κ2) is 5.36. The first kappa shape index (κ1) is 12.3. The lowest BCUT2D eigenvalue weighted by Crippen LogP contribution is -1.98. The number of rotatable bonds is 4. The molecule has 0 unspecified atom stereocenters. The zero-order valence-electron chi connectivity index (χ0n) is 8.21. The van der Waals surface area contributed by atoms with Crippen LogP contribution < -0.4 is 0 Å². The van der Waals surface area contributed by atoms with Crippen molar-refractivity contribution < 1.29 is 5.11 Å². The molecule has 0 aromatic heterocycles. The molecule has 3 heteroatoms. The van der Waals surface area contributed by atoms with Gasteiger partial charge in [-0.1, -0.05) is 48.0 Å². The molecule has 1 rings (SSSR count). The summed E-state index contributed by atoms with van der Waals surface area (Å²) in [7, 11) is 0. The van der Waals surface area contributed by atoms with Crippen LogP contribution in [0.15, 0.2) is 43.0 Å². The van der Waals surface area contributed by atoms with E-state index in [4.69, 9.17) is 23.2 Å². The number of aliphatic hydroxyl groups excluding tert-OH is 1. The van der Waals surface area contributed by atoms with E-state index in [0.29, 0.717) is 22.0 Å². The van der Waals surface area contributed by atoms with Gasteiger partial charge in [0.05, 0.1) is 6.10 Å². The van der Waals surface area contributed by atoms with E-state index in [0.717, 1.165) is 5.57 Å². The molecule has 0 bridgehead atoms. The number of hydrogen-bond donors (Lipinski definition) is 1. The molecule has 0 saturated heterocycles. The predicted molar refractivity (Wildman–Crippen MR) is 65.4 cm³/mol. The van der Waals surface area contributed by atoms with Crippen molar-refractivity contribution in [3.8, 4) is 0 Å². The van der Waals surface area contributed by atoms with Crippen LogP contribution in [0.1, 0.15) is 18.1 Å². The minimum atomic E-state index is -0.647. The van der Waals surface area contributed by atoms with Crippen molar-refractivity contribution in [2.75, 3.05) is 0 Å². The van der Waals surface area contributed by atoms with E-state index in [1.54, 1.807) is 24.3 Å². The van der Waals surface area contributed by atoms with Crippen LogP contribution in [0.2, 0.25) is 10.0 Å². The van der Waals surface area contributed by atoms with Gasteiger partial charge in [0.2, 0.25) is 0 Å². The topological polar surface area (TPSA) is 20.2 Å². The Balaban J connectivity index is 2.85. The normalized spacial score (nSPS) is 12.2. The van der Waals surface area contributed by atoms with Crippen molar-refractivity contribution >= 4 is 23.2 Å². The Morgan fingerprint density at radius 3 is 2.33 bits per heavy atom. The van der Waals surface area contributed by atoms with Crippen LogP contribution in [0, 0.1) is 0 Å². The van der Waals surface area contributed by atoms with E-state index < -0.39 is 6.10 Å². The Morgan fingerprint density at radius 2 is 1.87 bits per heavy atom. The van der Waals surface area contributed by atoms with Crippen LogP contribution in [0.4, 0.5) is 0 Å². The predicted octanol–water partition coefficient (Wildman–Crippen LogP) is 4.16. The molecule has 0 aliphatic carbocycles. The molecule has 0 heterocycles. The van der Waals surface area contributed by atoms with Gasteiger partial charge < -0.3 is 5.11 Å². The van der Waals surface area contributed by atoms with Crippen LogP contribution in [-0.4, -0.2) is 5.11 Å². The van der Waals surface area contributed by atoms with E-state index in [2.05, 4.69) is 13.2 Å². The molecule has 1 aromatic rings. The molecule has 0 radical (unpaired) electrons. The third-order valence-corrected chi connectivity index (χ3v) is 2.45. The zero-order valence-corrected chi connectivity index (χ0v) is 9.72. The van der Waals surface area contributed by atoms with E-state index in [9.17, 15) is 5.11 Å². The fraction of sp³-hybridized carbons (Fsp3) is 0.167. The van der Waals surface area contributed by atoms with Gasteiger partial charge in [-0.05, 0) is 23.8 Å². The molecule has 1 N–H and O–H groups in total. The van der Waals surface area contributed by atoms with Crippen molar-refractivity contribution in [2.45, 2.75) is 12.5 Å². The van der Waals surface area contributed by atoms with Crippen molar-refractivity contribution in [3.05, 3.63) is 58.6 Å². The molecular formula is C12H12Cl2O. The van der Waals surface area contributed by atoms with Gasteiger partial charge in [0.1, 0.15) is 0 Å². The van der Waals surface area contributed by atoms with Crippen LogP contribution in [-0.2, 0) is 0 Å². The maximum absolute atomic E-state index is 9.85. The average molecular weight is 243 g/mol. The summed E-state index contributed by atoms with van der Waals surface area (Å²) < 4.78 is 0. The molecule has 0 aliphatic heterocycles. The fourth-order valence-corrected chi connectivity index (χ4v) is 1.76. The first-order chi connectivity index (χ1) is 7.02. The summed E-state index contributed by atoms with van der Waals surface area (Å²) in [6.07, 6.45) is 1.40. The smallest absolute Gasteiger partial charge is 0.0831 e. The summed E-state index contributed by atoms with van der Waals surface area (Å²) in [5.74, 6) is 0. The number of halogens is 2. The second-order valence-electron chi connectivity index (χ2n) is 3.29. The maximum Gasteiger partial charge on any atom is 0.0831 e. The van der Waals surface area contributed by atoms with Crippen molar-refractivity contribution in [1.29, 1.82) is 0 Å². The lowest BCUT2D eigenvalue weighted by molar-refractivity contribution is 0.179. The number of allylic oxidation sites excluding steroid dienone is 1. The zero-order chi connectivity index (χ0) is 11.4. The maximum atomic E-state index is 9.85. The Kier molecular flexibility index (Phi) is 4.40. The quantitative estimate of drug-likeness (QED) is 0.787. The highest BCUT2D eigenvalue weighted by Crippen LogP contribution is 2.26. The van der Waals surface area contributed by atoms with Gasteiger partial charge in [0.15, 0.2) is 0 Å². The monoisotopic (exact) mass is 242 g/mol. The molecule has 80 valence electrons. The summed E-state index contributed by atoms with van der Waals surface area (Å²) in [6.45, 7) is 7.32. The van der Waals surface area contributed by atoms with E-state index in [1.165, 1.54) is 0 Å². The summed E-state index contributed by atoms with van der Waals surface area (Å²) in [5, 5.41) is 10.9. The van der Waals surface area contributed by atoms with Crippen molar-refractivity contribution in [1.82, 2.24) is 0 Å². The van der Waals surface area contributed by atoms with Crippen LogP contribution in [0.3, 0.4) is 0 Å². The average Bonchev–Trinajstić information content (AvgIpc) is 2.16. The van der Waals surface area contributed by atoms with Crippen LogP contribution in [0.25, 0.3) is 0 Å². The molecule has 0 fully saturated rings. The molecule has 0 aliphatic rings. The Labute approximate surface area is 99.6 Å². The molecule has 1 atom stereocenters. The minimum Gasteiger partial charge on any atom is -0.388 e. The van der Waals surface area contributed by atoms with E-state index >= 15 is 0 Å². The molecule has 15 heavy (non-hydrogen) atoms. The lowest BCUT2D eigenvalue weighted by atomic mass is 10.0. The number of hydrogen-bond acceptors (Lipinski definition) is 1. The number of aliphatic hydroxyl groups is 1. The molecule has 0 spiro atoms. The van der Waals surface area contributed by atoms with E-state index in [1.807, 2.05) is 0 Å². The summed E-state index contributed by atoms with van der Waals surface area (Å²) in [4.78, 5) is 0. The highest BCUT2D eigenvalue weighted by Gasteiger charge is 2.09. The van der Waals surface area contributed by atoms with Crippen LogP contribution >= 0.6 is 23.2 Å². The van der Waals surface area contributed by atoms with Gasteiger partial charge in [-0.3, -0.25) is 0 Å². The third kappa shape index (κ3) is 3.71. The standard InChI is InChI=1S/C12H12Cl2O/c1-3-8(2)4-12(15)9-5-10(13)7-11(14)6-9/h3,5-7,12,15H,1-2,4H2/t12-/m0/s1. The number of benzene rings is 1. The first-order valence-corrected chi connectivity index (χ1v) is 5.23. The largest absolute Gasteiger partial charge is 0.388 e. The third-order valence-electron chi connectivity index (χ3n) is 2.01. The molecular weight excluding hydrogens is 231 g/mol. The van der Waals surface area contributed by atoms with Gasteiger partial charge in [-0.15, -0.1) is 0 Å². The Bertz CT molecular complexity index is 365. The second-order valence-corrected chi connectivity index (χ2v) is 4.16. The van der Waals surface area contributed by atoms with Gasteiger partial charge in [-0.2, -0.15) is 0 Å². The fourth-order valence-electron chi connectivity index (χ4n) is 1.22. The van der Waals surface area contributed by atoms with Gasteiger partial charge in [0, 0.05) is 16.5 Å². The van der Waals surface area contributed by atoms with Gasteiger partial charge >= 0.3 is 0 Å². The first-order valence-electron chi connectivity index (χ1n) is 4.47. The molecule has 1 aromatic carbocycles. The molecule has 0 amide bonds. The van der Waals surface area contributed by atoms with Gasteiger partial charge in [-0.25, -0.2) is 0 Å². The van der Waals surface area contributed by atoms with Crippen LogP contribution in [0.5, 0.6) is 0 Å². The molecule has 1 nitrogen and oxygen atoms in total. The Hall–Kier alpha value is -0.760. The highest BCUT2D eigenvalue weighted by molar-refractivity contribution is 6.34. The SMILES string of the molecule is C=CC(=C)C[C@H](O)c1cc(Cl)cc(Cl)c1. The summed E-state index contributed by atoms with van der Waals surface area (Å²) >= 11 is 11.7. The van der Waals surface area contributed by atoms with Crippen molar-refractivity contribution in [3.63, 3.8) is 0 Å². The summed E-state index contributed by atoms with van der Waals surface area (Å²) in [6, 6.07) is 5.00.